The van der Waals surface area contributed by atoms with Crippen LogP contribution in [0.1, 0.15) is 24.0 Å². The predicted molar refractivity (Wildman–Crippen MR) is 145 cm³/mol. The fourth-order valence-electron chi connectivity index (χ4n) is 4.27. The first-order valence-corrected chi connectivity index (χ1v) is 13.6. The summed E-state index contributed by atoms with van der Waals surface area (Å²) in [6, 6.07) is 18.6. The number of carbonyl (C=O) groups excluding carboxylic acids is 2. The molecule has 1 saturated heterocycles. The molecule has 10 heteroatoms. The van der Waals surface area contributed by atoms with Gasteiger partial charge in [0, 0.05) is 31.3 Å². The number of methoxy groups -OCH3 is 2. The van der Waals surface area contributed by atoms with E-state index in [1.807, 2.05) is 31.2 Å². The molecule has 0 unspecified atom stereocenters. The maximum atomic E-state index is 13.8. The molecule has 0 spiro atoms. The molecule has 0 atom stereocenters. The molecule has 1 heterocycles. The summed E-state index contributed by atoms with van der Waals surface area (Å²) in [5.41, 5.74) is 2.66. The van der Waals surface area contributed by atoms with Crippen molar-refractivity contribution in [3.05, 3.63) is 77.9 Å². The van der Waals surface area contributed by atoms with Crippen molar-refractivity contribution < 1.29 is 27.5 Å². The molecule has 0 aliphatic carbocycles. The summed E-state index contributed by atoms with van der Waals surface area (Å²) in [5.74, 6) is 0.263. The number of aryl methyl sites for hydroxylation is 1. The Morgan fingerprint density at radius 2 is 1.79 bits per heavy atom. The topological polar surface area (TPSA) is 105 Å². The van der Waals surface area contributed by atoms with Crippen LogP contribution in [0.5, 0.6) is 11.5 Å². The molecule has 0 bridgehead atoms. The van der Waals surface area contributed by atoms with Gasteiger partial charge in [0.05, 0.1) is 24.8 Å². The van der Waals surface area contributed by atoms with Crippen LogP contribution in [-0.4, -0.2) is 47.5 Å². The Bertz CT molecular complexity index is 1420. The number of nitrogens with one attached hydrogen (secondary N) is 1. The Morgan fingerprint density at radius 3 is 2.45 bits per heavy atom. The Kier molecular flexibility index (Phi) is 8.21. The highest BCUT2D eigenvalue weighted by Crippen LogP contribution is 2.35. The van der Waals surface area contributed by atoms with E-state index in [0.717, 1.165) is 27.5 Å². The van der Waals surface area contributed by atoms with Crippen molar-refractivity contribution in [2.24, 2.45) is 0 Å². The zero-order valence-electron chi connectivity index (χ0n) is 21.6. The molecule has 1 aliphatic heterocycles. The Morgan fingerprint density at radius 1 is 1.03 bits per heavy atom. The molecular formula is C28H31N3O6S. The minimum atomic E-state index is -4.14. The lowest BCUT2D eigenvalue weighted by Gasteiger charge is -2.26. The standard InChI is InChI=1S/C28H31N3O6S/c1-20-9-12-24(13-10-20)38(34,35)31(25-17-23(36-2)11-14-26(25)37-3)19-27(32)29-18-21-6-4-7-22(16-21)30-15-5-8-28(30)33/h4,6-7,9-14,16-17H,5,8,15,18-19H2,1-3H3,(H,29,32). The van der Waals surface area contributed by atoms with Crippen LogP contribution in [0.25, 0.3) is 0 Å². The van der Waals surface area contributed by atoms with Gasteiger partial charge in [-0.25, -0.2) is 8.42 Å². The number of hydrogen-bond donors (Lipinski definition) is 1. The van der Waals surface area contributed by atoms with Gasteiger partial charge in [0.15, 0.2) is 0 Å². The van der Waals surface area contributed by atoms with E-state index in [-0.39, 0.29) is 28.8 Å². The number of anilines is 2. The molecule has 0 radical (unpaired) electrons. The van der Waals surface area contributed by atoms with E-state index >= 15 is 0 Å². The van der Waals surface area contributed by atoms with E-state index in [0.29, 0.717) is 18.7 Å². The van der Waals surface area contributed by atoms with Crippen LogP contribution in [0, 0.1) is 6.92 Å². The molecule has 0 aromatic heterocycles. The van der Waals surface area contributed by atoms with E-state index in [1.165, 1.54) is 32.4 Å². The third-order valence-corrected chi connectivity index (χ3v) is 8.11. The summed E-state index contributed by atoms with van der Waals surface area (Å²) in [6.45, 7) is 2.22. The second-order valence-electron chi connectivity index (χ2n) is 8.96. The quantitative estimate of drug-likeness (QED) is 0.423. The van der Waals surface area contributed by atoms with E-state index in [4.69, 9.17) is 9.47 Å². The van der Waals surface area contributed by atoms with Gasteiger partial charge in [-0.3, -0.25) is 13.9 Å². The monoisotopic (exact) mass is 537 g/mol. The summed E-state index contributed by atoms with van der Waals surface area (Å²) in [5, 5.41) is 2.81. The maximum absolute atomic E-state index is 13.8. The number of sulfonamides is 1. The van der Waals surface area contributed by atoms with Gasteiger partial charge in [0.2, 0.25) is 11.8 Å². The van der Waals surface area contributed by atoms with Crippen molar-refractivity contribution >= 4 is 33.2 Å². The Labute approximate surface area is 223 Å². The number of amides is 2. The van der Waals surface area contributed by atoms with Crippen LogP contribution in [0.15, 0.2) is 71.6 Å². The predicted octanol–water partition coefficient (Wildman–Crippen LogP) is 3.65. The zero-order chi connectivity index (χ0) is 27.3. The first kappa shape index (κ1) is 27.0. The fraction of sp³-hybridized carbons (Fsp3) is 0.286. The van der Waals surface area contributed by atoms with Gasteiger partial charge >= 0.3 is 0 Å². The molecule has 1 fully saturated rings. The molecule has 1 N–H and O–H groups in total. The van der Waals surface area contributed by atoms with Crippen molar-refractivity contribution in [2.75, 3.05) is 36.5 Å². The van der Waals surface area contributed by atoms with Gasteiger partial charge in [0.1, 0.15) is 18.0 Å². The largest absolute Gasteiger partial charge is 0.497 e. The maximum Gasteiger partial charge on any atom is 0.264 e. The van der Waals surface area contributed by atoms with E-state index in [1.54, 1.807) is 29.2 Å². The lowest BCUT2D eigenvalue weighted by molar-refractivity contribution is -0.120. The minimum Gasteiger partial charge on any atom is -0.497 e. The SMILES string of the molecule is COc1ccc(OC)c(N(CC(=O)NCc2cccc(N3CCCC3=O)c2)S(=O)(=O)c2ccc(C)cc2)c1. The van der Waals surface area contributed by atoms with Crippen molar-refractivity contribution in [3.63, 3.8) is 0 Å². The van der Waals surface area contributed by atoms with Crippen molar-refractivity contribution in [1.82, 2.24) is 5.32 Å². The number of carbonyl (C=O) groups is 2. The highest BCUT2D eigenvalue weighted by atomic mass is 32.2. The van der Waals surface area contributed by atoms with Crippen LogP contribution in [0.4, 0.5) is 11.4 Å². The molecule has 2 amide bonds. The van der Waals surface area contributed by atoms with E-state index in [2.05, 4.69) is 5.32 Å². The van der Waals surface area contributed by atoms with Crippen LogP contribution in [0.2, 0.25) is 0 Å². The number of ether oxygens (including phenoxy) is 2. The Hall–Kier alpha value is -4.05. The number of nitrogens with zero attached hydrogens (tertiary/aromatic N) is 2. The number of rotatable bonds is 10. The molecule has 3 aromatic rings. The van der Waals surface area contributed by atoms with Crippen molar-refractivity contribution in [2.45, 2.75) is 31.2 Å². The van der Waals surface area contributed by atoms with E-state index < -0.39 is 22.5 Å². The normalized spacial score (nSPS) is 13.3. The molecule has 4 rings (SSSR count). The summed E-state index contributed by atoms with van der Waals surface area (Å²) in [6.07, 6.45) is 1.35. The Balaban J connectivity index is 1.59. The van der Waals surface area contributed by atoms with Gasteiger partial charge in [-0.05, 0) is 55.3 Å². The zero-order valence-corrected chi connectivity index (χ0v) is 22.5. The molecule has 3 aromatic carbocycles. The molecular weight excluding hydrogens is 506 g/mol. The highest BCUT2D eigenvalue weighted by molar-refractivity contribution is 7.92. The van der Waals surface area contributed by atoms with Crippen LogP contribution < -0.4 is 24.0 Å². The average molecular weight is 538 g/mol. The third-order valence-electron chi connectivity index (χ3n) is 6.34. The van der Waals surface area contributed by atoms with Gasteiger partial charge in [-0.15, -0.1) is 0 Å². The van der Waals surface area contributed by atoms with Crippen molar-refractivity contribution in [3.8, 4) is 11.5 Å². The van der Waals surface area contributed by atoms with Gasteiger partial charge in [0.25, 0.3) is 10.0 Å². The highest BCUT2D eigenvalue weighted by Gasteiger charge is 2.30. The average Bonchev–Trinajstić information content (AvgIpc) is 3.36. The lowest BCUT2D eigenvalue weighted by atomic mass is 10.2. The van der Waals surface area contributed by atoms with Gasteiger partial charge in [-0.2, -0.15) is 0 Å². The van der Waals surface area contributed by atoms with Crippen LogP contribution in [-0.2, 0) is 26.2 Å². The summed E-state index contributed by atoms with van der Waals surface area (Å²) in [7, 11) is -1.23. The second kappa shape index (κ2) is 11.6. The van der Waals surface area contributed by atoms with Crippen molar-refractivity contribution in [1.29, 1.82) is 0 Å². The first-order valence-electron chi connectivity index (χ1n) is 12.2. The summed E-state index contributed by atoms with van der Waals surface area (Å²) in [4.78, 5) is 27.0. The molecule has 9 nitrogen and oxygen atoms in total. The van der Waals surface area contributed by atoms with E-state index in [9.17, 15) is 18.0 Å². The minimum absolute atomic E-state index is 0.0451. The smallest absolute Gasteiger partial charge is 0.264 e. The fourth-order valence-corrected chi connectivity index (χ4v) is 5.69. The van der Waals surface area contributed by atoms with Crippen LogP contribution in [0.3, 0.4) is 0 Å². The lowest BCUT2D eigenvalue weighted by Crippen LogP contribution is -2.41. The van der Waals surface area contributed by atoms with Gasteiger partial charge in [-0.1, -0.05) is 29.8 Å². The first-order chi connectivity index (χ1) is 18.2. The van der Waals surface area contributed by atoms with Gasteiger partial charge < -0.3 is 19.7 Å². The number of hydrogen-bond acceptors (Lipinski definition) is 6. The summed E-state index contributed by atoms with van der Waals surface area (Å²) < 4.78 is 39.3. The molecule has 200 valence electrons. The molecule has 38 heavy (non-hydrogen) atoms. The third kappa shape index (κ3) is 5.91. The van der Waals surface area contributed by atoms with Crippen LogP contribution >= 0.6 is 0 Å². The molecule has 1 aliphatic rings. The molecule has 0 saturated carbocycles. The number of benzene rings is 3. The second-order valence-corrected chi connectivity index (χ2v) is 10.8. The summed E-state index contributed by atoms with van der Waals surface area (Å²) >= 11 is 0.